The second kappa shape index (κ2) is 8.86. The number of nitrogens with one attached hydrogen (secondary N) is 1. The van der Waals surface area contributed by atoms with E-state index in [9.17, 15) is 4.79 Å². The Morgan fingerprint density at radius 3 is 2.54 bits per heavy atom. The third-order valence-electron chi connectivity index (χ3n) is 5.25. The summed E-state index contributed by atoms with van der Waals surface area (Å²) in [5.41, 5.74) is 10.1. The minimum Gasteiger partial charge on any atom is -0.398 e. The highest BCUT2D eigenvalue weighted by Crippen LogP contribution is 2.22. The quantitative estimate of drug-likeness (QED) is 0.780. The number of hydrogen-bond donors (Lipinski definition) is 2. The van der Waals surface area contributed by atoms with Crippen molar-refractivity contribution in [2.75, 3.05) is 30.7 Å². The number of benzene rings is 2. The third kappa shape index (κ3) is 5.09. The molecule has 0 radical (unpaired) electrons. The molecule has 0 spiro atoms. The molecule has 1 aliphatic heterocycles. The average Bonchev–Trinajstić information content (AvgIpc) is 2.64. The number of nitrogens with two attached hydrogens (primary N) is 1. The fraction of sp³-hybridized carbons (Fsp3) is 0.409. The molecule has 3 N–H and O–H groups in total. The van der Waals surface area contributed by atoms with Gasteiger partial charge in [0, 0.05) is 11.4 Å². The number of carbonyl (C=O) groups is 1. The molecule has 4 nitrogen and oxygen atoms in total. The molecule has 1 aliphatic rings. The molecule has 0 saturated carbocycles. The molecule has 1 fully saturated rings. The van der Waals surface area contributed by atoms with Crippen molar-refractivity contribution in [3.8, 4) is 0 Å². The van der Waals surface area contributed by atoms with Gasteiger partial charge < -0.3 is 11.1 Å². The molecule has 3 rings (SSSR count). The number of rotatable bonds is 6. The Morgan fingerprint density at radius 2 is 1.88 bits per heavy atom. The second-order valence-electron chi connectivity index (χ2n) is 7.22. The summed E-state index contributed by atoms with van der Waals surface area (Å²) in [5.74, 6) is 0.758. The monoisotopic (exact) mass is 351 g/mol. The van der Waals surface area contributed by atoms with Gasteiger partial charge in [0.15, 0.2) is 0 Å². The van der Waals surface area contributed by atoms with Crippen molar-refractivity contribution in [2.24, 2.45) is 5.92 Å². The van der Waals surface area contributed by atoms with E-state index in [0.29, 0.717) is 6.54 Å². The van der Waals surface area contributed by atoms with Gasteiger partial charge in [0.1, 0.15) is 0 Å². The minimum atomic E-state index is 0.0372. The van der Waals surface area contributed by atoms with Crippen LogP contribution >= 0.6 is 0 Å². The Bertz CT molecular complexity index is 721. The first kappa shape index (κ1) is 18.5. The zero-order valence-corrected chi connectivity index (χ0v) is 15.6. The molecule has 4 heteroatoms. The van der Waals surface area contributed by atoms with E-state index in [-0.39, 0.29) is 5.91 Å². The van der Waals surface area contributed by atoms with Crippen molar-refractivity contribution in [3.63, 3.8) is 0 Å². The number of aryl methyl sites for hydroxylation is 1. The topological polar surface area (TPSA) is 58.4 Å². The lowest BCUT2D eigenvalue weighted by Crippen LogP contribution is -2.39. The molecule has 2 aromatic rings. The van der Waals surface area contributed by atoms with E-state index in [0.717, 1.165) is 61.6 Å². The molecule has 0 unspecified atom stereocenters. The zero-order chi connectivity index (χ0) is 18.4. The molecule has 2 aromatic carbocycles. The number of nitrogen functional groups attached to an aromatic ring is 1. The first-order chi connectivity index (χ1) is 12.6. The number of hydrogen-bond acceptors (Lipinski definition) is 3. The Hall–Kier alpha value is -2.33. The lowest BCUT2D eigenvalue weighted by Gasteiger charge is -2.31. The van der Waals surface area contributed by atoms with E-state index in [1.807, 2.05) is 18.2 Å². The van der Waals surface area contributed by atoms with Crippen LogP contribution in [0.5, 0.6) is 0 Å². The number of likely N-dealkylation sites (tertiary alicyclic amines) is 1. The second-order valence-corrected chi connectivity index (χ2v) is 7.22. The van der Waals surface area contributed by atoms with Crippen LogP contribution < -0.4 is 11.1 Å². The van der Waals surface area contributed by atoms with E-state index in [1.54, 1.807) is 0 Å². The predicted octanol–water partition coefficient (Wildman–Crippen LogP) is 3.72. The van der Waals surface area contributed by atoms with Gasteiger partial charge >= 0.3 is 0 Å². The summed E-state index contributed by atoms with van der Waals surface area (Å²) in [6.07, 6.45) is 4.35. The van der Waals surface area contributed by atoms with Crippen LogP contribution in [0.15, 0.2) is 48.5 Å². The summed E-state index contributed by atoms with van der Waals surface area (Å²) in [5, 5.41) is 2.97. The van der Waals surface area contributed by atoms with Crippen LogP contribution in [0.1, 0.15) is 30.9 Å². The largest absolute Gasteiger partial charge is 0.398 e. The standard InChI is InChI=1S/C22H29N3O/c1-2-19-8-9-20(15-21(19)23)24-22(26)16-25-12-10-18(11-13-25)14-17-6-4-3-5-7-17/h3-9,15,18H,2,10-14,16,23H2,1H3,(H,24,26). The number of amides is 1. The van der Waals surface area contributed by atoms with Crippen molar-refractivity contribution in [2.45, 2.75) is 32.6 Å². The summed E-state index contributed by atoms with van der Waals surface area (Å²) < 4.78 is 0. The Balaban J connectivity index is 1.44. The van der Waals surface area contributed by atoms with Gasteiger partial charge in [-0.3, -0.25) is 9.69 Å². The van der Waals surface area contributed by atoms with Gasteiger partial charge in [-0.25, -0.2) is 0 Å². The number of anilines is 2. The molecule has 0 bridgehead atoms. The maximum Gasteiger partial charge on any atom is 0.238 e. The first-order valence-corrected chi connectivity index (χ1v) is 9.58. The summed E-state index contributed by atoms with van der Waals surface area (Å²) >= 11 is 0. The van der Waals surface area contributed by atoms with Crippen LogP contribution in [0, 0.1) is 5.92 Å². The van der Waals surface area contributed by atoms with Crippen molar-refractivity contribution in [3.05, 3.63) is 59.7 Å². The van der Waals surface area contributed by atoms with Gasteiger partial charge in [-0.05, 0) is 68.0 Å². The summed E-state index contributed by atoms with van der Waals surface area (Å²) in [4.78, 5) is 14.6. The van der Waals surface area contributed by atoms with E-state index in [2.05, 4.69) is 47.5 Å². The van der Waals surface area contributed by atoms with Crippen LogP contribution in [0.4, 0.5) is 11.4 Å². The number of nitrogens with zero attached hydrogens (tertiary/aromatic N) is 1. The summed E-state index contributed by atoms with van der Waals surface area (Å²) in [6.45, 7) is 4.50. The van der Waals surface area contributed by atoms with Crippen molar-refractivity contribution < 1.29 is 4.79 Å². The smallest absolute Gasteiger partial charge is 0.238 e. The molecule has 0 aromatic heterocycles. The van der Waals surface area contributed by atoms with Gasteiger partial charge in [-0.2, -0.15) is 0 Å². The lowest BCUT2D eigenvalue weighted by molar-refractivity contribution is -0.117. The SMILES string of the molecule is CCc1ccc(NC(=O)CN2CCC(Cc3ccccc3)CC2)cc1N. The van der Waals surface area contributed by atoms with Crippen molar-refractivity contribution >= 4 is 17.3 Å². The van der Waals surface area contributed by atoms with Gasteiger partial charge in [0.05, 0.1) is 6.54 Å². The van der Waals surface area contributed by atoms with Gasteiger partial charge in [0.2, 0.25) is 5.91 Å². The maximum absolute atomic E-state index is 12.3. The number of piperidine rings is 1. The number of carbonyl (C=O) groups excluding carboxylic acids is 1. The summed E-state index contributed by atoms with van der Waals surface area (Å²) in [7, 11) is 0. The molecular formula is C22H29N3O. The third-order valence-corrected chi connectivity index (χ3v) is 5.25. The molecule has 138 valence electrons. The Kier molecular flexibility index (Phi) is 6.29. The Morgan fingerprint density at radius 1 is 1.15 bits per heavy atom. The van der Waals surface area contributed by atoms with Crippen LogP contribution in [0.25, 0.3) is 0 Å². The van der Waals surface area contributed by atoms with Gasteiger partial charge in [0.25, 0.3) is 0 Å². The predicted molar refractivity (Wildman–Crippen MR) is 108 cm³/mol. The van der Waals surface area contributed by atoms with Gasteiger partial charge in [-0.15, -0.1) is 0 Å². The van der Waals surface area contributed by atoms with Gasteiger partial charge in [-0.1, -0.05) is 43.3 Å². The van der Waals surface area contributed by atoms with Crippen molar-refractivity contribution in [1.29, 1.82) is 0 Å². The minimum absolute atomic E-state index is 0.0372. The fourth-order valence-electron chi connectivity index (χ4n) is 3.69. The first-order valence-electron chi connectivity index (χ1n) is 9.58. The Labute approximate surface area is 156 Å². The molecule has 0 atom stereocenters. The van der Waals surface area contributed by atoms with E-state index in [1.165, 1.54) is 5.56 Å². The van der Waals surface area contributed by atoms with Crippen LogP contribution in [0.2, 0.25) is 0 Å². The molecule has 26 heavy (non-hydrogen) atoms. The normalized spacial score (nSPS) is 15.7. The van der Waals surface area contributed by atoms with Crippen LogP contribution in [-0.4, -0.2) is 30.4 Å². The highest BCUT2D eigenvalue weighted by atomic mass is 16.2. The van der Waals surface area contributed by atoms with Crippen molar-refractivity contribution in [1.82, 2.24) is 4.90 Å². The maximum atomic E-state index is 12.3. The summed E-state index contributed by atoms with van der Waals surface area (Å²) in [6, 6.07) is 16.4. The van der Waals surface area contributed by atoms with E-state index >= 15 is 0 Å². The van der Waals surface area contributed by atoms with E-state index in [4.69, 9.17) is 5.73 Å². The highest BCUT2D eigenvalue weighted by molar-refractivity contribution is 5.92. The molecule has 0 aliphatic carbocycles. The highest BCUT2D eigenvalue weighted by Gasteiger charge is 2.21. The molecule has 1 heterocycles. The zero-order valence-electron chi connectivity index (χ0n) is 15.6. The average molecular weight is 351 g/mol. The van der Waals surface area contributed by atoms with E-state index < -0.39 is 0 Å². The molecule has 1 amide bonds. The fourth-order valence-corrected chi connectivity index (χ4v) is 3.69. The molecule has 1 saturated heterocycles. The van der Waals surface area contributed by atoms with Crippen LogP contribution in [-0.2, 0) is 17.6 Å². The lowest BCUT2D eigenvalue weighted by atomic mass is 9.90. The van der Waals surface area contributed by atoms with Crippen LogP contribution in [0.3, 0.4) is 0 Å². The molecular weight excluding hydrogens is 322 g/mol.